The summed E-state index contributed by atoms with van der Waals surface area (Å²) in [7, 11) is 0. The second-order valence-corrected chi connectivity index (χ2v) is 2.36. The predicted molar refractivity (Wildman–Crippen MR) is 49.8 cm³/mol. The lowest BCUT2D eigenvalue weighted by Crippen LogP contribution is -1.91. The Kier molecular flexibility index (Phi) is 7.35. The zero-order chi connectivity index (χ0) is 9.23. The number of hydrogen-bond donors (Lipinski definition) is 0. The molecule has 0 fully saturated rings. The Morgan fingerprint density at radius 2 is 2.33 bits per heavy atom. The van der Waals surface area contributed by atoms with Crippen molar-refractivity contribution in [2.75, 3.05) is 6.61 Å². The van der Waals surface area contributed by atoms with Gasteiger partial charge in [0, 0.05) is 12.8 Å². The van der Waals surface area contributed by atoms with Crippen molar-refractivity contribution in [2.24, 2.45) is 0 Å². The normalized spacial score (nSPS) is 10.9. The molecule has 0 rings (SSSR count). The molecule has 0 radical (unpaired) electrons. The van der Waals surface area contributed by atoms with Crippen molar-refractivity contribution >= 4 is 6.29 Å². The summed E-state index contributed by atoms with van der Waals surface area (Å²) in [6, 6.07) is 0. The largest absolute Gasteiger partial charge is 0.498 e. The van der Waals surface area contributed by atoms with Crippen molar-refractivity contribution in [3.05, 3.63) is 24.5 Å². The zero-order valence-electron chi connectivity index (χ0n) is 7.58. The number of allylic oxidation sites excluding steroid dienone is 3. The number of ether oxygens (including phenoxy) is 1. The van der Waals surface area contributed by atoms with E-state index in [1.165, 1.54) is 0 Å². The van der Waals surface area contributed by atoms with Crippen LogP contribution in [0.2, 0.25) is 0 Å². The summed E-state index contributed by atoms with van der Waals surface area (Å²) >= 11 is 0. The molecule has 12 heavy (non-hydrogen) atoms. The molecule has 0 aromatic rings. The first-order valence-corrected chi connectivity index (χ1v) is 4.23. The van der Waals surface area contributed by atoms with Gasteiger partial charge in [-0.2, -0.15) is 0 Å². The number of carbonyl (C=O) groups is 1. The van der Waals surface area contributed by atoms with Gasteiger partial charge >= 0.3 is 0 Å². The van der Waals surface area contributed by atoms with Crippen LogP contribution in [0.25, 0.3) is 0 Å². The first kappa shape index (κ1) is 11.0. The topological polar surface area (TPSA) is 26.3 Å². The maximum absolute atomic E-state index is 10.0. The van der Waals surface area contributed by atoms with E-state index < -0.39 is 0 Å². The predicted octanol–water partition coefficient (Wildman–Crippen LogP) is 2.46. The summed E-state index contributed by atoms with van der Waals surface area (Å²) in [6.07, 6.45) is 6.74. The molecule has 0 aliphatic carbocycles. The summed E-state index contributed by atoms with van der Waals surface area (Å²) in [5.41, 5.74) is 0. The molecular formula is C10H16O2. The van der Waals surface area contributed by atoms with Crippen LogP contribution < -0.4 is 0 Å². The van der Waals surface area contributed by atoms with Crippen LogP contribution in [0.5, 0.6) is 0 Å². The molecule has 0 atom stereocenters. The van der Waals surface area contributed by atoms with Gasteiger partial charge in [-0.15, -0.1) is 0 Å². The monoisotopic (exact) mass is 168 g/mol. The minimum atomic E-state index is 0.599. The number of carbonyl (C=O) groups excluding carboxylic acids is 1. The third-order valence-corrected chi connectivity index (χ3v) is 1.38. The van der Waals surface area contributed by atoms with Crippen LogP contribution in [0, 0.1) is 0 Å². The Labute approximate surface area is 73.9 Å². The summed E-state index contributed by atoms with van der Waals surface area (Å²) in [4.78, 5) is 10.0. The van der Waals surface area contributed by atoms with Gasteiger partial charge in [0.2, 0.25) is 0 Å². The summed E-state index contributed by atoms with van der Waals surface area (Å²) < 4.78 is 5.30. The Hall–Kier alpha value is -1.05. The molecule has 0 heterocycles. The van der Waals surface area contributed by atoms with E-state index in [-0.39, 0.29) is 0 Å². The maximum Gasteiger partial charge on any atom is 0.120 e. The van der Waals surface area contributed by atoms with Crippen molar-refractivity contribution in [1.29, 1.82) is 0 Å². The minimum Gasteiger partial charge on any atom is -0.498 e. The summed E-state index contributed by atoms with van der Waals surface area (Å²) in [5, 5.41) is 0. The lowest BCUT2D eigenvalue weighted by molar-refractivity contribution is -0.107. The minimum absolute atomic E-state index is 0.599. The van der Waals surface area contributed by atoms with Crippen LogP contribution in [-0.2, 0) is 9.53 Å². The SMILES string of the molecule is C=CC=C(CCCC=O)OCC. The number of hydrogen-bond acceptors (Lipinski definition) is 2. The molecule has 0 aliphatic heterocycles. The quantitative estimate of drug-likeness (QED) is 0.252. The molecule has 0 amide bonds. The molecule has 0 aliphatic rings. The van der Waals surface area contributed by atoms with Gasteiger partial charge in [0.25, 0.3) is 0 Å². The van der Waals surface area contributed by atoms with E-state index in [0.29, 0.717) is 13.0 Å². The van der Waals surface area contributed by atoms with Crippen LogP contribution in [0.3, 0.4) is 0 Å². The Morgan fingerprint density at radius 3 is 2.83 bits per heavy atom. The zero-order valence-corrected chi connectivity index (χ0v) is 7.58. The van der Waals surface area contributed by atoms with E-state index in [1.54, 1.807) is 6.08 Å². The highest BCUT2D eigenvalue weighted by Gasteiger charge is 1.95. The molecule has 68 valence electrons. The van der Waals surface area contributed by atoms with Gasteiger partial charge in [0.1, 0.15) is 6.29 Å². The average Bonchev–Trinajstić information content (AvgIpc) is 2.06. The fourth-order valence-electron chi connectivity index (χ4n) is 0.880. The highest BCUT2D eigenvalue weighted by molar-refractivity contribution is 5.49. The van der Waals surface area contributed by atoms with Gasteiger partial charge in [-0.1, -0.05) is 12.7 Å². The number of unbranched alkanes of at least 4 members (excludes halogenated alkanes) is 1. The molecule has 2 heteroatoms. The summed E-state index contributed by atoms with van der Waals surface area (Å²) in [5.74, 6) is 0.911. The fourth-order valence-corrected chi connectivity index (χ4v) is 0.880. The second kappa shape index (κ2) is 8.05. The van der Waals surface area contributed by atoms with Crippen molar-refractivity contribution < 1.29 is 9.53 Å². The Bertz CT molecular complexity index is 159. The van der Waals surface area contributed by atoms with Crippen molar-refractivity contribution in [2.45, 2.75) is 26.2 Å². The van der Waals surface area contributed by atoms with Gasteiger partial charge in [-0.05, 0) is 19.4 Å². The van der Waals surface area contributed by atoms with E-state index in [1.807, 2.05) is 13.0 Å². The van der Waals surface area contributed by atoms with Gasteiger partial charge in [0.05, 0.1) is 12.4 Å². The van der Waals surface area contributed by atoms with Crippen LogP contribution in [0.15, 0.2) is 24.5 Å². The first-order valence-electron chi connectivity index (χ1n) is 4.23. The van der Waals surface area contributed by atoms with E-state index >= 15 is 0 Å². The molecule has 0 spiro atoms. The first-order chi connectivity index (χ1) is 5.85. The van der Waals surface area contributed by atoms with Crippen LogP contribution in [0.1, 0.15) is 26.2 Å². The molecule has 0 N–H and O–H groups in total. The van der Waals surface area contributed by atoms with Gasteiger partial charge < -0.3 is 9.53 Å². The Balaban J connectivity index is 3.70. The highest BCUT2D eigenvalue weighted by atomic mass is 16.5. The molecule has 2 nitrogen and oxygen atoms in total. The fraction of sp³-hybridized carbons (Fsp3) is 0.500. The molecule has 0 aromatic heterocycles. The Morgan fingerprint density at radius 1 is 1.58 bits per heavy atom. The van der Waals surface area contributed by atoms with Gasteiger partial charge in [0.15, 0.2) is 0 Å². The van der Waals surface area contributed by atoms with Crippen molar-refractivity contribution in [3.8, 4) is 0 Å². The van der Waals surface area contributed by atoms with Crippen molar-refractivity contribution in [3.63, 3.8) is 0 Å². The van der Waals surface area contributed by atoms with Gasteiger partial charge in [-0.3, -0.25) is 0 Å². The number of rotatable bonds is 7. The molecule has 0 saturated heterocycles. The molecule has 0 aromatic carbocycles. The standard InChI is InChI=1S/C10H16O2/c1-3-7-10(12-4-2)8-5-6-9-11/h3,7,9H,1,4-6,8H2,2H3. The number of aldehydes is 1. The van der Waals surface area contributed by atoms with Crippen LogP contribution in [0.4, 0.5) is 0 Å². The lowest BCUT2D eigenvalue weighted by Gasteiger charge is -2.05. The highest BCUT2D eigenvalue weighted by Crippen LogP contribution is 2.08. The third-order valence-electron chi connectivity index (χ3n) is 1.38. The van der Waals surface area contributed by atoms with E-state index in [9.17, 15) is 4.79 Å². The molecule has 0 unspecified atom stereocenters. The van der Waals surface area contributed by atoms with E-state index in [2.05, 4.69) is 6.58 Å². The second-order valence-electron chi connectivity index (χ2n) is 2.36. The molecule has 0 bridgehead atoms. The smallest absolute Gasteiger partial charge is 0.120 e. The van der Waals surface area contributed by atoms with Crippen LogP contribution in [-0.4, -0.2) is 12.9 Å². The van der Waals surface area contributed by atoms with Crippen molar-refractivity contribution in [1.82, 2.24) is 0 Å². The average molecular weight is 168 g/mol. The van der Waals surface area contributed by atoms with E-state index in [4.69, 9.17) is 4.74 Å². The van der Waals surface area contributed by atoms with Gasteiger partial charge in [-0.25, -0.2) is 0 Å². The van der Waals surface area contributed by atoms with E-state index in [0.717, 1.165) is 24.9 Å². The molecular weight excluding hydrogens is 152 g/mol. The third kappa shape index (κ3) is 5.71. The molecule has 0 saturated carbocycles. The maximum atomic E-state index is 10.0. The lowest BCUT2D eigenvalue weighted by atomic mass is 10.2. The van der Waals surface area contributed by atoms with Crippen LogP contribution >= 0.6 is 0 Å². The summed E-state index contributed by atoms with van der Waals surface area (Å²) in [6.45, 7) is 6.19.